The first-order valence-electron chi connectivity index (χ1n) is 6.77. The van der Waals surface area contributed by atoms with E-state index in [0.717, 1.165) is 23.1 Å². The van der Waals surface area contributed by atoms with Crippen molar-refractivity contribution in [3.63, 3.8) is 0 Å². The van der Waals surface area contributed by atoms with Crippen LogP contribution >= 0.6 is 11.3 Å². The normalized spacial score (nSPS) is 15.7. The molecule has 20 heavy (non-hydrogen) atoms. The monoisotopic (exact) mass is 287 g/mol. The summed E-state index contributed by atoms with van der Waals surface area (Å²) in [5.41, 5.74) is 8.42. The largest absolute Gasteiger partial charge is 0.459 e. The number of rotatable bonds is 2. The maximum Gasteiger partial charge on any atom is 0.134 e. The van der Waals surface area contributed by atoms with Gasteiger partial charge in [-0.15, -0.1) is 11.3 Å². The quantitative estimate of drug-likeness (QED) is 0.768. The molecule has 2 aromatic heterocycles. The van der Waals surface area contributed by atoms with E-state index in [1.54, 1.807) is 17.4 Å². The number of hydrogen-bond acceptors (Lipinski definition) is 3. The SMILES string of the molecule is NC(c1cc2cc(F)ccc2o1)c1cc2c(s1)CCC2. The minimum atomic E-state index is -0.263. The molecular weight excluding hydrogens is 273 g/mol. The molecule has 1 aromatic carbocycles. The smallest absolute Gasteiger partial charge is 0.134 e. The first-order valence-corrected chi connectivity index (χ1v) is 7.58. The fourth-order valence-electron chi connectivity index (χ4n) is 2.83. The Morgan fingerprint density at radius 1 is 1.20 bits per heavy atom. The lowest BCUT2D eigenvalue weighted by molar-refractivity contribution is 0.527. The van der Waals surface area contributed by atoms with Gasteiger partial charge in [-0.3, -0.25) is 0 Å². The predicted octanol–water partition coefficient (Wildman–Crippen LogP) is 4.17. The molecule has 0 spiro atoms. The van der Waals surface area contributed by atoms with Crippen LogP contribution in [0.1, 0.15) is 33.5 Å². The van der Waals surface area contributed by atoms with Crippen molar-refractivity contribution in [1.82, 2.24) is 0 Å². The van der Waals surface area contributed by atoms with E-state index in [4.69, 9.17) is 10.2 Å². The maximum absolute atomic E-state index is 13.2. The summed E-state index contributed by atoms with van der Waals surface area (Å²) >= 11 is 1.78. The number of hydrogen-bond donors (Lipinski definition) is 1. The highest BCUT2D eigenvalue weighted by molar-refractivity contribution is 7.12. The molecule has 3 aromatic rings. The summed E-state index contributed by atoms with van der Waals surface area (Å²) in [5, 5.41) is 0.763. The van der Waals surface area contributed by atoms with E-state index >= 15 is 0 Å². The summed E-state index contributed by atoms with van der Waals surface area (Å²) in [7, 11) is 0. The molecule has 0 amide bonds. The highest BCUT2D eigenvalue weighted by Crippen LogP contribution is 2.36. The van der Waals surface area contributed by atoms with E-state index in [2.05, 4.69) is 6.07 Å². The van der Waals surface area contributed by atoms with Gasteiger partial charge in [-0.25, -0.2) is 4.39 Å². The van der Waals surface area contributed by atoms with E-state index in [1.807, 2.05) is 6.07 Å². The Bertz CT molecular complexity index is 767. The molecular formula is C16H14FNOS. The highest BCUT2D eigenvalue weighted by Gasteiger charge is 2.21. The molecule has 1 aliphatic rings. The second kappa shape index (κ2) is 4.43. The maximum atomic E-state index is 13.2. The minimum absolute atomic E-state index is 0.256. The standard InChI is InChI=1S/C16H14FNOS/c17-11-4-5-12-10(6-11)7-13(19-12)16(18)15-8-9-2-1-3-14(9)20-15/h4-8,16H,1-3,18H2. The third kappa shape index (κ3) is 1.87. The average Bonchev–Trinajstić information content (AvgIpc) is 3.10. The molecule has 0 saturated carbocycles. The van der Waals surface area contributed by atoms with Gasteiger partial charge in [-0.1, -0.05) is 0 Å². The Kier molecular flexibility index (Phi) is 2.69. The molecule has 2 heterocycles. The highest BCUT2D eigenvalue weighted by atomic mass is 32.1. The third-order valence-corrected chi connectivity index (χ3v) is 5.20. The molecule has 2 N–H and O–H groups in total. The summed E-state index contributed by atoms with van der Waals surface area (Å²) in [6, 6.07) is 8.31. The van der Waals surface area contributed by atoms with Crippen LogP contribution in [0, 0.1) is 5.82 Å². The van der Waals surface area contributed by atoms with Gasteiger partial charge in [0.15, 0.2) is 0 Å². The summed E-state index contributed by atoms with van der Waals surface area (Å²) in [4.78, 5) is 2.59. The summed E-state index contributed by atoms with van der Waals surface area (Å²) < 4.78 is 19.0. The van der Waals surface area contributed by atoms with Gasteiger partial charge in [0.25, 0.3) is 0 Å². The van der Waals surface area contributed by atoms with Crippen molar-refractivity contribution in [3.05, 3.63) is 57.2 Å². The molecule has 1 unspecified atom stereocenters. The van der Waals surface area contributed by atoms with Crippen molar-refractivity contribution in [3.8, 4) is 0 Å². The van der Waals surface area contributed by atoms with Gasteiger partial charge in [0.05, 0.1) is 6.04 Å². The molecule has 0 bridgehead atoms. The van der Waals surface area contributed by atoms with Crippen LogP contribution in [0.5, 0.6) is 0 Å². The zero-order chi connectivity index (χ0) is 13.7. The lowest BCUT2D eigenvalue weighted by Gasteiger charge is -2.05. The van der Waals surface area contributed by atoms with E-state index in [-0.39, 0.29) is 11.9 Å². The van der Waals surface area contributed by atoms with Crippen LogP contribution in [0.3, 0.4) is 0 Å². The van der Waals surface area contributed by atoms with Crippen LogP contribution in [0.15, 0.2) is 34.7 Å². The van der Waals surface area contributed by atoms with Crippen LogP contribution in [0.4, 0.5) is 4.39 Å². The van der Waals surface area contributed by atoms with Crippen LogP contribution in [0.25, 0.3) is 11.0 Å². The minimum Gasteiger partial charge on any atom is -0.459 e. The number of benzene rings is 1. The molecule has 0 radical (unpaired) electrons. The molecule has 4 heteroatoms. The van der Waals surface area contributed by atoms with E-state index in [1.165, 1.54) is 29.0 Å². The van der Waals surface area contributed by atoms with E-state index in [9.17, 15) is 4.39 Å². The molecule has 2 nitrogen and oxygen atoms in total. The second-order valence-corrected chi connectivity index (χ2v) is 6.43. The first-order chi connectivity index (χ1) is 9.70. The lowest BCUT2D eigenvalue weighted by atomic mass is 10.1. The summed E-state index contributed by atoms with van der Waals surface area (Å²) in [6.45, 7) is 0. The molecule has 1 aliphatic carbocycles. The van der Waals surface area contributed by atoms with Gasteiger partial charge in [-0.2, -0.15) is 0 Å². The Hall–Kier alpha value is -1.65. The molecule has 0 saturated heterocycles. The van der Waals surface area contributed by atoms with Crippen LogP contribution < -0.4 is 5.73 Å². The topological polar surface area (TPSA) is 39.2 Å². The Balaban J connectivity index is 1.73. The Labute approximate surface area is 120 Å². The van der Waals surface area contributed by atoms with Crippen molar-refractivity contribution in [2.45, 2.75) is 25.3 Å². The first kappa shape index (κ1) is 12.1. The third-order valence-electron chi connectivity index (χ3n) is 3.88. The number of halogens is 1. The number of nitrogens with two attached hydrogens (primary N) is 1. The lowest BCUT2D eigenvalue weighted by Crippen LogP contribution is -2.08. The van der Waals surface area contributed by atoms with Crippen LogP contribution in [-0.2, 0) is 12.8 Å². The number of furan rings is 1. The Morgan fingerprint density at radius 3 is 2.95 bits per heavy atom. The van der Waals surface area contributed by atoms with Crippen molar-refractivity contribution < 1.29 is 8.81 Å². The van der Waals surface area contributed by atoms with Gasteiger partial charge in [0.2, 0.25) is 0 Å². The van der Waals surface area contributed by atoms with Crippen LogP contribution in [-0.4, -0.2) is 0 Å². The number of aryl methyl sites for hydroxylation is 2. The summed E-state index contributed by atoms with van der Waals surface area (Å²) in [6.07, 6.45) is 3.57. The molecule has 102 valence electrons. The van der Waals surface area contributed by atoms with Gasteiger partial charge in [-0.05, 0) is 55.2 Å². The van der Waals surface area contributed by atoms with Crippen molar-refractivity contribution in [2.75, 3.05) is 0 Å². The van der Waals surface area contributed by atoms with Gasteiger partial charge in [0.1, 0.15) is 17.2 Å². The zero-order valence-corrected chi connectivity index (χ0v) is 11.7. The van der Waals surface area contributed by atoms with Gasteiger partial charge >= 0.3 is 0 Å². The van der Waals surface area contributed by atoms with Crippen molar-refractivity contribution >= 4 is 22.3 Å². The number of fused-ring (bicyclic) bond motifs is 2. The molecule has 0 fully saturated rings. The fraction of sp³-hybridized carbons (Fsp3) is 0.250. The number of thiophene rings is 1. The molecule has 4 rings (SSSR count). The predicted molar refractivity (Wildman–Crippen MR) is 78.5 cm³/mol. The fourth-order valence-corrected chi connectivity index (χ4v) is 4.10. The van der Waals surface area contributed by atoms with E-state index in [0.29, 0.717) is 11.3 Å². The van der Waals surface area contributed by atoms with Gasteiger partial charge in [0, 0.05) is 15.1 Å². The molecule has 1 atom stereocenters. The average molecular weight is 287 g/mol. The molecule has 0 aliphatic heterocycles. The second-order valence-electron chi connectivity index (χ2n) is 5.26. The van der Waals surface area contributed by atoms with Crippen molar-refractivity contribution in [2.24, 2.45) is 5.73 Å². The van der Waals surface area contributed by atoms with Gasteiger partial charge < -0.3 is 10.2 Å². The zero-order valence-electron chi connectivity index (χ0n) is 10.9. The Morgan fingerprint density at radius 2 is 2.10 bits per heavy atom. The van der Waals surface area contributed by atoms with Crippen LogP contribution in [0.2, 0.25) is 0 Å². The van der Waals surface area contributed by atoms with E-state index < -0.39 is 0 Å². The summed E-state index contributed by atoms with van der Waals surface area (Å²) in [5.74, 6) is 0.444. The van der Waals surface area contributed by atoms with Crippen molar-refractivity contribution in [1.29, 1.82) is 0 Å².